The van der Waals surface area contributed by atoms with E-state index in [1.807, 2.05) is 30.3 Å². The van der Waals surface area contributed by atoms with Crippen LogP contribution in [-0.4, -0.2) is 14.5 Å². The molecule has 5 heteroatoms. The quantitative estimate of drug-likeness (QED) is 0.509. The van der Waals surface area contributed by atoms with Gasteiger partial charge in [0.15, 0.2) is 5.82 Å². The molecule has 0 spiro atoms. The summed E-state index contributed by atoms with van der Waals surface area (Å²) in [7, 11) is 0. The molecule has 136 valence electrons. The molecule has 4 nitrogen and oxygen atoms in total. The number of anilines is 1. The Bertz CT molecular complexity index is 1110. The molecule has 0 aliphatic heterocycles. The van der Waals surface area contributed by atoms with Gasteiger partial charge in [0.2, 0.25) is 0 Å². The summed E-state index contributed by atoms with van der Waals surface area (Å²) in [6, 6.07) is 18.0. The zero-order valence-electron chi connectivity index (χ0n) is 15.6. The number of nitrogens with two attached hydrogens (primary N) is 1. The van der Waals surface area contributed by atoms with Crippen LogP contribution in [0.15, 0.2) is 54.6 Å². The average Bonchev–Trinajstić information content (AvgIpc) is 2.93. The summed E-state index contributed by atoms with van der Waals surface area (Å²) in [6.45, 7) is 6.37. The molecule has 1 atom stereocenters. The maximum atomic E-state index is 6.36. The monoisotopic (exact) mass is 376 g/mol. The van der Waals surface area contributed by atoms with Crippen molar-refractivity contribution in [1.29, 1.82) is 0 Å². The Hall–Kier alpha value is -2.85. The molecule has 2 aromatic heterocycles. The van der Waals surface area contributed by atoms with Crippen molar-refractivity contribution in [3.05, 3.63) is 76.4 Å². The molecule has 2 heterocycles. The summed E-state index contributed by atoms with van der Waals surface area (Å²) in [5.74, 6) is 1.11. The van der Waals surface area contributed by atoms with Gasteiger partial charge in [0.25, 0.3) is 0 Å². The minimum atomic E-state index is 0.134. The van der Waals surface area contributed by atoms with Crippen molar-refractivity contribution in [1.82, 2.24) is 14.5 Å². The highest BCUT2D eigenvalue weighted by atomic mass is 35.5. The van der Waals surface area contributed by atoms with Gasteiger partial charge in [0, 0.05) is 16.3 Å². The molecule has 0 radical (unpaired) electrons. The highest BCUT2D eigenvalue weighted by molar-refractivity contribution is 6.30. The second-order valence-corrected chi connectivity index (χ2v) is 7.24. The van der Waals surface area contributed by atoms with Crippen molar-refractivity contribution >= 4 is 28.5 Å². The van der Waals surface area contributed by atoms with Crippen molar-refractivity contribution in [2.75, 3.05) is 5.73 Å². The largest absolute Gasteiger partial charge is 0.383 e. The third kappa shape index (κ3) is 2.96. The zero-order valence-corrected chi connectivity index (χ0v) is 16.3. The molecule has 0 aliphatic carbocycles. The van der Waals surface area contributed by atoms with E-state index in [4.69, 9.17) is 22.3 Å². The van der Waals surface area contributed by atoms with Gasteiger partial charge in [-0.15, -0.1) is 0 Å². The Morgan fingerprint density at radius 1 is 0.963 bits per heavy atom. The molecule has 0 bridgehead atoms. The highest BCUT2D eigenvalue weighted by Crippen LogP contribution is 2.34. The lowest BCUT2D eigenvalue weighted by Crippen LogP contribution is -2.10. The summed E-state index contributed by atoms with van der Waals surface area (Å²) < 4.78 is 2.25. The molecule has 4 rings (SSSR count). The Balaban J connectivity index is 1.96. The van der Waals surface area contributed by atoms with Crippen LogP contribution in [0, 0.1) is 13.8 Å². The second-order valence-electron chi connectivity index (χ2n) is 6.81. The van der Waals surface area contributed by atoms with Crippen LogP contribution in [0.5, 0.6) is 0 Å². The lowest BCUT2D eigenvalue weighted by molar-refractivity contribution is 0.639. The number of nitrogens with zero attached hydrogens (tertiary/aromatic N) is 3. The first kappa shape index (κ1) is 17.6. The van der Waals surface area contributed by atoms with E-state index < -0.39 is 0 Å². The fourth-order valence-electron chi connectivity index (χ4n) is 3.60. The smallest absolute Gasteiger partial charge is 0.163 e. The van der Waals surface area contributed by atoms with E-state index >= 15 is 0 Å². The summed E-state index contributed by atoms with van der Waals surface area (Å²) in [4.78, 5) is 9.45. The first-order valence-corrected chi connectivity index (χ1v) is 9.30. The van der Waals surface area contributed by atoms with Gasteiger partial charge in [-0.05, 0) is 56.2 Å². The van der Waals surface area contributed by atoms with Crippen molar-refractivity contribution in [3.63, 3.8) is 0 Å². The third-order valence-corrected chi connectivity index (χ3v) is 5.45. The van der Waals surface area contributed by atoms with Crippen LogP contribution in [0.3, 0.4) is 0 Å². The SMILES string of the molecule is Cc1c(C)n(C(C)c2ccccc2)c2nc(-c3ccc(Cl)cc3)nc(N)c12. The van der Waals surface area contributed by atoms with Gasteiger partial charge in [-0.2, -0.15) is 0 Å². The summed E-state index contributed by atoms with van der Waals surface area (Å²) in [5.41, 5.74) is 11.6. The normalized spacial score (nSPS) is 12.4. The molecule has 0 saturated heterocycles. The number of fused-ring (bicyclic) bond motifs is 1. The van der Waals surface area contributed by atoms with Crippen molar-refractivity contribution in [2.24, 2.45) is 0 Å². The minimum Gasteiger partial charge on any atom is -0.383 e. The maximum absolute atomic E-state index is 6.36. The number of halogens is 1. The first-order chi connectivity index (χ1) is 13.0. The molecule has 0 saturated carbocycles. The Morgan fingerprint density at radius 3 is 2.30 bits per heavy atom. The number of hydrogen-bond acceptors (Lipinski definition) is 3. The van der Waals surface area contributed by atoms with Crippen LogP contribution in [0.2, 0.25) is 5.02 Å². The van der Waals surface area contributed by atoms with Crippen LogP contribution < -0.4 is 5.73 Å². The van der Waals surface area contributed by atoms with E-state index in [9.17, 15) is 0 Å². The molecule has 4 aromatic rings. The van der Waals surface area contributed by atoms with Gasteiger partial charge in [-0.1, -0.05) is 41.9 Å². The van der Waals surface area contributed by atoms with Crippen molar-refractivity contribution < 1.29 is 0 Å². The van der Waals surface area contributed by atoms with E-state index in [1.54, 1.807) is 0 Å². The Labute approximate surface area is 163 Å². The number of nitrogen functional groups attached to an aromatic ring is 1. The molecule has 0 amide bonds. The third-order valence-electron chi connectivity index (χ3n) is 5.20. The molecule has 0 aliphatic rings. The van der Waals surface area contributed by atoms with E-state index in [0.29, 0.717) is 16.7 Å². The van der Waals surface area contributed by atoms with Crippen LogP contribution in [0.25, 0.3) is 22.4 Å². The van der Waals surface area contributed by atoms with Gasteiger partial charge < -0.3 is 10.3 Å². The minimum absolute atomic E-state index is 0.134. The van der Waals surface area contributed by atoms with Crippen LogP contribution in [0.1, 0.15) is 29.8 Å². The number of aryl methyl sites for hydroxylation is 1. The first-order valence-electron chi connectivity index (χ1n) is 8.93. The molecule has 2 N–H and O–H groups in total. The molecular weight excluding hydrogens is 356 g/mol. The predicted octanol–water partition coefficient (Wildman–Crippen LogP) is 5.56. The van der Waals surface area contributed by atoms with Crippen LogP contribution in [0.4, 0.5) is 5.82 Å². The Kier molecular flexibility index (Phi) is 4.36. The molecule has 1 unspecified atom stereocenters. The van der Waals surface area contributed by atoms with Crippen LogP contribution in [-0.2, 0) is 0 Å². The average molecular weight is 377 g/mol. The predicted molar refractivity (Wildman–Crippen MR) is 112 cm³/mol. The lowest BCUT2D eigenvalue weighted by Gasteiger charge is -2.18. The van der Waals surface area contributed by atoms with E-state index in [2.05, 4.69) is 54.6 Å². The maximum Gasteiger partial charge on any atom is 0.163 e. The summed E-state index contributed by atoms with van der Waals surface area (Å²) in [6.07, 6.45) is 0. The molecule has 2 aromatic carbocycles. The van der Waals surface area contributed by atoms with E-state index in [-0.39, 0.29) is 6.04 Å². The van der Waals surface area contributed by atoms with Gasteiger partial charge in [-0.3, -0.25) is 0 Å². The zero-order chi connectivity index (χ0) is 19.1. The number of rotatable bonds is 3. The van der Waals surface area contributed by atoms with E-state index in [1.165, 1.54) is 5.56 Å². The van der Waals surface area contributed by atoms with Gasteiger partial charge >= 0.3 is 0 Å². The van der Waals surface area contributed by atoms with Gasteiger partial charge in [0.05, 0.1) is 11.4 Å². The molecule has 27 heavy (non-hydrogen) atoms. The lowest BCUT2D eigenvalue weighted by atomic mass is 10.1. The van der Waals surface area contributed by atoms with Crippen molar-refractivity contribution in [3.8, 4) is 11.4 Å². The number of aromatic nitrogens is 3. The van der Waals surface area contributed by atoms with Crippen molar-refractivity contribution in [2.45, 2.75) is 26.8 Å². The van der Waals surface area contributed by atoms with Crippen LogP contribution >= 0.6 is 11.6 Å². The van der Waals surface area contributed by atoms with Gasteiger partial charge in [0.1, 0.15) is 11.5 Å². The topological polar surface area (TPSA) is 56.7 Å². The number of hydrogen-bond donors (Lipinski definition) is 1. The summed E-state index contributed by atoms with van der Waals surface area (Å²) >= 11 is 6.01. The standard InChI is InChI=1S/C22H21ClN4/c1-13-14(2)27(15(3)16-7-5-4-6-8-16)22-19(13)20(24)25-21(26-22)17-9-11-18(23)12-10-17/h4-12,15H,1-3H3,(H2,24,25,26). The fraction of sp³-hybridized carbons (Fsp3) is 0.182. The Morgan fingerprint density at radius 2 is 1.63 bits per heavy atom. The summed E-state index contributed by atoms with van der Waals surface area (Å²) in [5, 5.41) is 1.61. The van der Waals surface area contributed by atoms with Gasteiger partial charge in [-0.25, -0.2) is 9.97 Å². The molecular formula is C22H21ClN4. The fourth-order valence-corrected chi connectivity index (χ4v) is 3.73. The second kappa shape index (κ2) is 6.71. The van der Waals surface area contributed by atoms with E-state index in [0.717, 1.165) is 27.9 Å². The highest BCUT2D eigenvalue weighted by Gasteiger charge is 2.21. The number of benzene rings is 2. The molecule has 0 fully saturated rings.